The topological polar surface area (TPSA) is 21.3 Å². The first-order valence-electron chi connectivity index (χ1n) is 5.90. The van der Waals surface area contributed by atoms with E-state index in [1.54, 1.807) is 6.07 Å². The van der Waals surface area contributed by atoms with Crippen molar-refractivity contribution >= 4 is 0 Å². The summed E-state index contributed by atoms with van der Waals surface area (Å²) < 4.78 is 18.8. The summed E-state index contributed by atoms with van der Waals surface area (Å²) in [6, 6.07) is 16.1. The zero-order valence-corrected chi connectivity index (χ0v) is 10.3. The number of nitrogens with one attached hydrogen (secondary N) is 1. The van der Waals surface area contributed by atoms with Gasteiger partial charge < -0.3 is 10.1 Å². The molecule has 1 N–H and O–H groups in total. The second kappa shape index (κ2) is 6.17. The van der Waals surface area contributed by atoms with E-state index in [9.17, 15) is 4.39 Å². The van der Waals surface area contributed by atoms with Gasteiger partial charge in [-0.3, -0.25) is 0 Å². The van der Waals surface area contributed by atoms with E-state index in [0.717, 1.165) is 11.3 Å². The van der Waals surface area contributed by atoms with Gasteiger partial charge in [-0.15, -0.1) is 0 Å². The third-order valence-electron chi connectivity index (χ3n) is 2.76. The highest BCUT2D eigenvalue weighted by molar-refractivity contribution is 5.23. The molecule has 1 unspecified atom stereocenters. The Hall–Kier alpha value is -1.87. The quantitative estimate of drug-likeness (QED) is 0.873. The molecule has 0 bridgehead atoms. The normalized spacial score (nSPS) is 12.1. The van der Waals surface area contributed by atoms with E-state index >= 15 is 0 Å². The van der Waals surface area contributed by atoms with Crippen molar-refractivity contribution in [2.24, 2.45) is 0 Å². The minimum atomic E-state index is -0.229. The molecule has 94 valence electrons. The standard InChI is InChI=1S/C15H16FNO/c1-17-15(12-6-5-7-13(16)10-12)11-18-14-8-3-2-4-9-14/h2-10,15,17H,11H2,1H3. The Morgan fingerprint density at radius 2 is 1.89 bits per heavy atom. The molecule has 3 heteroatoms. The van der Waals surface area contributed by atoms with Crippen molar-refractivity contribution in [3.8, 4) is 5.75 Å². The van der Waals surface area contributed by atoms with E-state index in [1.165, 1.54) is 12.1 Å². The van der Waals surface area contributed by atoms with Crippen LogP contribution in [-0.4, -0.2) is 13.7 Å². The van der Waals surface area contributed by atoms with Crippen LogP contribution < -0.4 is 10.1 Å². The number of ether oxygens (including phenoxy) is 1. The average Bonchev–Trinajstić information content (AvgIpc) is 2.41. The SMILES string of the molecule is CNC(COc1ccccc1)c1cccc(F)c1. The van der Waals surface area contributed by atoms with Gasteiger partial charge in [0.2, 0.25) is 0 Å². The molecule has 18 heavy (non-hydrogen) atoms. The van der Waals surface area contributed by atoms with Gasteiger partial charge in [0.05, 0.1) is 6.04 Å². The largest absolute Gasteiger partial charge is 0.492 e. The predicted octanol–water partition coefficient (Wildman–Crippen LogP) is 3.17. The average molecular weight is 245 g/mol. The van der Waals surface area contributed by atoms with E-state index in [0.29, 0.717) is 6.61 Å². The fraction of sp³-hybridized carbons (Fsp3) is 0.200. The van der Waals surface area contributed by atoms with Crippen molar-refractivity contribution in [1.82, 2.24) is 5.32 Å². The molecule has 0 saturated carbocycles. The summed E-state index contributed by atoms with van der Waals surface area (Å²) in [6.07, 6.45) is 0. The fourth-order valence-corrected chi connectivity index (χ4v) is 1.77. The summed E-state index contributed by atoms with van der Waals surface area (Å²) in [7, 11) is 1.84. The van der Waals surface area contributed by atoms with Crippen LogP contribution in [0.15, 0.2) is 54.6 Å². The van der Waals surface area contributed by atoms with Crippen molar-refractivity contribution in [1.29, 1.82) is 0 Å². The van der Waals surface area contributed by atoms with Gasteiger partial charge in [-0.25, -0.2) is 4.39 Å². The minimum absolute atomic E-state index is 0.0269. The van der Waals surface area contributed by atoms with Crippen LogP contribution in [0.1, 0.15) is 11.6 Å². The highest BCUT2D eigenvalue weighted by Crippen LogP contribution is 2.16. The molecule has 2 aromatic rings. The third-order valence-corrected chi connectivity index (χ3v) is 2.76. The molecule has 1 atom stereocenters. The Bertz CT molecular complexity index is 487. The Balaban J connectivity index is 2.02. The summed E-state index contributed by atoms with van der Waals surface area (Å²) in [5.74, 6) is 0.585. The summed E-state index contributed by atoms with van der Waals surface area (Å²) in [5, 5.41) is 3.12. The molecule has 0 amide bonds. The second-order valence-electron chi connectivity index (χ2n) is 4.02. The van der Waals surface area contributed by atoms with Crippen molar-refractivity contribution in [2.75, 3.05) is 13.7 Å². The number of benzene rings is 2. The molecular weight excluding hydrogens is 229 g/mol. The van der Waals surface area contributed by atoms with Crippen molar-refractivity contribution in [3.63, 3.8) is 0 Å². The van der Waals surface area contributed by atoms with Gasteiger partial charge in [0, 0.05) is 0 Å². The number of hydrogen-bond donors (Lipinski definition) is 1. The maximum absolute atomic E-state index is 13.2. The molecule has 0 fully saturated rings. The number of rotatable bonds is 5. The minimum Gasteiger partial charge on any atom is -0.492 e. The molecule has 2 rings (SSSR count). The van der Waals surface area contributed by atoms with E-state index in [2.05, 4.69) is 5.32 Å². The van der Waals surface area contributed by atoms with Gasteiger partial charge in [0.15, 0.2) is 0 Å². The van der Waals surface area contributed by atoms with Crippen LogP contribution in [0.25, 0.3) is 0 Å². The number of halogens is 1. The van der Waals surface area contributed by atoms with Gasteiger partial charge in [-0.1, -0.05) is 30.3 Å². The predicted molar refractivity (Wildman–Crippen MR) is 70.1 cm³/mol. The second-order valence-corrected chi connectivity index (χ2v) is 4.02. The van der Waals surface area contributed by atoms with Crippen molar-refractivity contribution in [2.45, 2.75) is 6.04 Å². The van der Waals surface area contributed by atoms with E-state index in [-0.39, 0.29) is 11.9 Å². The van der Waals surface area contributed by atoms with Crippen LogP contribution in [0.4, 0.5) is 4.39 Å². The van der Waals surface area contributed by atoms with Crippen LogP contribution >= 0.6 is 0 Å². The first-order chi connectivity index (χ1) is 8.79. The zero-order chi connectivity index (χ0) is 12.8. The summed E-state index contributed by atoms with van der Waals surface area (Å²) >= 11 is 0. The maximum Gasteiger partial charge on any atom is 0.123 e. The first-order valence-corrected chi connectivity index (χ1v) is 5.90. The number of para-hydroxylation sites is 1. The van der Waals surface area contributed by atoms with Gasteiger partial charge >= 0.3 is 0 Å². The first kappa shape index (κ1) is 12.6. The van der Waals surface area contributed by atoms with Crippen LogP contribution in [0, 0.1) is 5.82 Å². The van der Waals surface area contributed by atoms with E-state index in [1.807, 2.05) is 43.4 Å². The summed E-state index contributed by atoms with van der Waals surface area (Å²) in [5.41, 5.74) is 0.883. The Morgan fingerprint density at radius 1 is 1.11 bits per heavy atom. The Kier molecular flexibility index (Phi) is 4.31. The molecular formula is C15H16FNO. The van der Waals surface area contributed by atoms with Crippen LogP contribution in [-0.2, 0) is 0 Å². The molecule has 0 aromatic heterocycles. The highest BCUT2D eigenvalue weighted by atomic mass is 19.1. The Morgan fingerprint density at radius 3 is 2.56 bits per heavy atom. The monoisotopic (exact) mass is 245 g/mol. The third kappa shape index (κ3) is 3.31. The lowest BCUT2D eigenvalue weighted by atomic mass is 10.1. The molecule has 0 radical (unpaired) electrons. The van der Waals surface area contributed by atoms with Crippen LogP contribution in [0.2, 0.25) is 0 Å². The maximum atomic E-state index is 13.2. The smallest absolute Gasteiger partial charge is 0.123 e. The van der Waals surface area contributed by atoms with Gasteiger partial charge in [-0.05, 0) is 36.9 Å². The van der Waals surface area contributed by atoms with E-state index < -0.39 is 0 Å². The van der Waals surface area contributed by atoms with Gasteiger partial charge in [-0.2, -0.15) is 0 Å². The van der Waals surface area contributed by atoms with E-state index in [4.69, 9.17) is 4.74 Å². The molecule has 0 aliphatic rings. The van der Waals surface area contributed by atoms with Crippen LogP contribution in [0.3, 0.4) is 0 Å². The molecule has 0 aliphatic carbocycles. The molecule has 0 saturated heterocycles. The van der Waals surface area contributed by atoms with Crippen molar-refractivity contribution < 1.29 is 9.13 Å². The molecule has 0 spiro atoms. The van der Waals surface area contributed by atoms with Gasteiger partial charge in [0.1, 0.15) is 18.2 Å². The molecule has 0 heterocycles. The van der Waals surface area contributed by atoms with Crippen molar-refractivity contribution in [3.05, 3.63) is 66.0 Å². The molecule has 0 aliphatic heterocycles. The molecule has 2 nitrogen and oxygen atoms in total. The number of likely N-dealkylation sites (N-methyl/N-ethyl adjacent to an activating group) is 1. The lowest BCUT2D eigenvalue weighted by Crippen LogP contribution is -2.23. The number of hydrogen-bond acceptors (Lipinski definition) is 2. The summed E-state index contributed by atoms with van der Waals surface area (Å²) in [6.45, 7) is 0.462. The Labute approximate surface area is 106 Å². The fourth-order valence-electron chi connectivity index (χ4n) is 1.77. The summed E-state index contributed by atoms with van der Waals surface area (Å²) in [4.78, 5) is 0. The zero-order valence-electron chi connectivity index (χ0n) is 10.3. The van der Waals surface area contributed by atoms with Gasteiger partial charge in [0.25, 0.3) is 0 Å². The highest BCUT2D eigenvalue weighted by Gasteiger charge is 2.10. The lowest BCUT2D eigenvalue weighted by Gasteiger charge is -2.17. The molecule has 2 aromatic carbocycles. The lowest BCUT2D eigenvalue weighted by molar-refractivity contribution is 0.273. The van der Waals surface area contributed by atoms with Crippen LogP contribution in [0.5, 0.6) is 5.75 Å².